The van der Waals surface area contributed by atoms with E-state index in [0.29, 0.717) is 6.42 Å². The van der Waals surface area contributed by atoms with E-state index in [2.05, 4.69) is 5.10 Å². The molecule has 2 aromatic rings. The highest BCUT2D eigenvalue weighted by Crippen LogP contribution is 2.28. The Kier molecular flexibility index (Phi) is 4.02. The normalized spacial score (nSPS) is 11.8. The summed E-state index contributed by atoms with van der Waals surface area (Å²) in [4.78, 5) is 0. The summed E-state index contributed by atoms with van der Waals surface area (Å²) in [5, 5.41) is 23.7. The molecule has 0 aliphatic rings. The predicted molar refractivity (Wildman–Crippen MR) is 73.9 cm³/mol. The lowest BCUT2D eigenvalue weighted by Gasteiger charge is -2.30. The van der Waals surface area contributed by atoms with Crippen LogP contribution < -0.4 is 0 Å². The van der Waals surface area contributed by atoms with Gasteiger partial charge in [0, 0.05) is 18.7 Å². The Bertz CT molecular complexity index is 527. The zero-order chi connectivity index (χ0) is 13.9. The van der Waals surface area contributed by atoms with Crippen LogP contribution in [-0.2, 0) is 18.9 Å². The number of hydrogen-bond acceptors (Lipinski definition) is 3. The van der Waals surface area contributed by atoms with Crippen molar-refractivity contribution in [2.75, 3.05) is 13.2 Å². The topological polar surface area (TPSA) is 58.3 Å². The van der Waals surface area contributed by atoms with Gasteiger partial charge in [-0.05, 0) is 24.5 Å². The minimum absolute atomic E-state index is 0.0958. The Morgan fingerprint density at radius 2 is 1.79 bits per heavy atom. The maximum atomic E-state index is 9.78. The molecule has 0 unspecified atom stereocenters. The molecule has 0 saturated heterocycles. The number of aromatic nitrogens is 2. The summed E-state index contributed by atoms with van der Waals surface area (Å²) in [5.74, 6) is 0. The van der Waals surface area contributed by atoms with E-state index in [1.807, 2.05) is 44.4 Å². The molecule has 1 heterocycles. The van der Waals surface area contributed by atoms with Crippen molar-refractivity contribution < 1.29 is 10.2 Å². The second kappa shape index (κ2) is 5.55. The third kappa shape index (κ3) is 2.85. The highest BCUT2D eigenvalue weighted by atomic mass is 16.3. The molecular weight excluding hydrogens is 240 g/mol. The molecule has 2 N–H and O–H groups in total. The Hall–Kier alpha value is -1.65. The number of aliphatic hydroxyl groups excluding tert-OH is 2. The van der Waals surface area contributed by atoms with Gasteiger partial charge in [0.05, 0.1) is 19.4 Å². The van der Waals surface area contributed by atoms with E-state index < -0.39 is 5.41 Å². The molecule has 0 aliphatic carbocycles. The van der Waals surface area contributed by atoms with Crippen LogP contribution in [0.15, 0.2) is 36.7 Å². The third-order valence-electron chi connectivity index (χ3n) is 3.57. The quantitative estimate of drug-likeness (QED) is 0.849. The van der Waals surface area contributed by atoms with E-state index in [1.165, 1.54) is 0 Å². The number of benzene rings is 1. The molecule has 0 atom stereocenters. The van der Waals surface area contributed by atoms with Gasteiger partial charge in [0.25, 0.3) is 0 Å². The van der Waals surface area contributed by atoms with Crippen LogP contribution in [0.4, 0.5) is 0 Å². The van der Waals surface area contributed by atoms with Crippen LogP contribution >= 0.6 is 0 Å². The second-order valence-corrected chi connectivity index (χ2v) is 5.16. The molecule has 19 heavy (non-hydrogen) atoms. The first-order chi connectivity index (χ1) is 9.09. The number of hydrogen-bond donors (Lipinski definition) is 2. The summed E-state index contributed by atoms with van der Waals surface area (Å²) in [6, 6.07) is 7.94. The Morgan fingerprint density at radius 3 is 2.26 bits per heavy atom. The van der Waals surface area contributed by atoms with E-state index in [0.717, 1.165) is 16.7 Å². The summed E-state index contributed by atoms with van der Waals surface area (Å²) in [6.07, 6.45) is 4.25. The van der Waals surface area contributed by atoms with E-state index >= 15 is 0 Å². The fourth-order valence-electron chi connectivity index (χ4n) is 2.31. The van der Waals surface area contributed by atoms with Crippen LogP contribution in [0.3, 0.4) is 0 Å². The summed E-state index contributed by atoms with van der Waals surface area (Å²) in [6.45, 7) is 1.83. The monoisotopic (exact) mass is 260 g/mol. The molecule has 4 heteroatoms. The van der Waals surface area contributed by atoms with Crippen molar-refractivity contribution in [2.24, 2.45) is 7.05 Å². The number of rotatable bonds is 5. The smallest absolute Gasteiger partial charge is 0.0553 e. The van der Waals surface area contributed by atoms with Gasteiger partial charge >= 0.3 is 0 Å². The minimum Gasteiger partial charge on any atom is -0.395 e. The maximum absolute atomic E-state index is 9.78. The average Bonchev–Trinajstić information content (AvgIpc) is 2.82. The molecule has 1 aromatic carbocycles. The molecule has 0 radical (unpaired) electrons. The SMILES string of the molecule is Cc1ccc(C(CO)(CO)Cc2cnn(C)c2)cc1. The van der Waals surface area contributed by atoms with Crippen LogP contribution in [0, 0.1) is 6.92 Å². The van der Waals surface area contributed by atoms with Gasteiger partial charge in [-0.25, -0.2) is 0 Å². The molecule has 2 rings (SSSR count). The van der Waals surface area contributed by atoms with E-state index in [9.17, 15) is 10.2 Å². The summed E-state index contributed by atoms with van der Waals surface area (Å²) in [5.41, 5.74) is 2.46. The minimum atomic E-state index is -0.656. The fourth-order valence-corrected chi connectivity index (χ4v) is 2.31. The standard InChI is InChI=1S/C15H20N2O2/c1-12-3-5-14(6-4-12)15(10-18,11-19)7-13-8-16-17(2)9-13/h3-6,8-9,18-19H,7,10-11H2,1-2H3. The Morgan fingerprint density at radius 1 is 1.16 bits per heavy atom. The van der Waals surface area contributed by atoms with Crippen LogP contribution in [0.1, 0.15) is 16.7 Å². The van der Waals surface area contributed by atoms with Crippen molar-refractivity contribution in [3.63, 3.8) is 0 Å². The van der Waals surface area contributed by atoms with Gasteiger partial charge in [-0.15, -0.1) is 0 Å². The van der Waals surface area contributed by atoms with Crippen molar-refractivity contribution in [1.29, 1.82) is 0 Å². The molecule has 0 bridgehead atoms. The summed E-state index contributed by atoms with van der Waals surface area (Å²) >= 11 is 0. The molecule has 0 amide bonds. The third-order valence-corrected chi connectivity index (χ3v) is 3.57. The molecule has 0 fully saturated rings. The number of nitrogens with zero attached hydrogens (tertiary/aromatic N) is 2. The molecule has 4 nitrogen and oxygen atoms in total. The number of aryl methyl sites for hydroxylation is 2. The molecule has 0 aliphatic heterocycles. The Balaban J connectivity index is 2.33. The van der Waals surface area contributed by atoms with Crippen molar-refractivity contribution in [3.8, 4) is 0 Å². The molecule has 1 aromatic heterocycles. The predicted octanol–water partition coefficient (Wildman–Crippen LogP) is 1.19. The van der Waals surface area contributed by atoms with Crippen LogP contribution in [0.25, 0.3) is 0 Å². The van der Waals surface area contributed by atoms with Crippen molar-refractivity contribution >= 4 is 0 Å². The fraction of sp³-hybridized carbons (Fsp3) is 0.400. The number of aliphatic hydroxyl groups is 2. The van der Waals surface area contributed by atoms with Gasteiger partial charge < -0.3 is 10.2 Å². The van der Waals surface area contributed by atoms with E-state index in [4.69, 9.17) is 0 Å². The molecule has 0 spiro atoms. The lowest BCUT2D eigenvalue weighted by atomic mass is 9.77. The van der Waals surface area contributed by atoms with Crippen LogP contribution in [0.5, 0.6) is 0 Å². The van der Waals surface area contributed by atoms with Gasteiger partial charge in [-0.2, -0.15) is 5.10 Å². The average molecular weight is 260 g/mol. The van der Waals surface area contributed by atoms with Crippen molar-refractivity contribution in [1.82, 2.24) is 9.78 Å². The summed E-state index contributed by atoms with van der Waals surface area (Å²) in [7, 11) is 1.86. The Labute approximate surface area is 113 Å². The largest absolute Gasteiger partial charge is 0.395 e. The van der Waals surface area contributed by atoms with Crippen LogP contribution in [0.2, 0.25) is 0 Å². The molecular formula is C15H20N2O2. The zero-order valence-electron chi connectivity index (χ0n) is 11.4. The summed E-state index contributed by atoms with van der Waals surface area (Å²) < 4.78 is 1.73. The lowest BCUT2D eigenvalue weighted by Crippen LogP contribution is -2.37. The molecule has 0 saturated carbocycles. The van der Waals surface area contributed by atoms with E-state index in [-0.39, 0.29) is 13.2 Å². The van der Waals surface area contributed by atoms with Crippen molar-refractivity contribution in [3.05, 3.63) is 53.3 Å². The zero-order valence-corrected chi connectivity index (χ0v) is 11.4. The molecule has 102 valence electrons. The van der Waals surface area contributed by atoms with Gasteiger partial charge in [0.2, 0.25) is 0 Å². The van der Waals surface area contributed by atoms with E-state index in [1.54, 1.807) is 10.9 Å². The first-order valence-corrected chi connectivity index (χ1v) is 6.36. The van der Waals surface area contributed by atoms with Gasteiger partial charge in [0.1, 0.15) is 0 Å². The van der Waals surface area contributed by atoms with Gasteiger partial charge in [-0.1, -0.05) is 29.8 Å². The first kappa shape index (κ1) is 13.8. The first-order valence-electron chi connectivity index (χ1n) is 6.36. The highest BCUT2D eigenvalue weighted by molar-refractivity contribution is 5.31. The van der Waals surface area contributed by atoms with Gasteiger partial charge in [-0.3, -0.25) is 4.68 Å². The maximum Gasteiger partial charge on any atom is 0.0553 e. The second-order valence-electron chi connectivity index (χ2n) is 5.16. The highest BCUT2D eigenvalue weighted by Gasteiger charge is 2.31. The van der Waals surface area contributed by atoms with Crippen LogP contribution in [-0.4, -0.2) is 33.2 Å². The van der Waals surface area contributed by atoms with Crippen molar-refractivity contribution in [2.45, 2.75) is 18.8 Å². The van der Waals surface area contributed by atoms with Gasteiger partial charge in [0.15, 0.2) is 0 Å². The lowest BCUT2D eigenvalue weighted by molar-refractivity contribution is 0.116.